The van der Waals surface area contributed by atoms with Crippen molar-refractivity contribution in [3.8, 4) is 0 Å². The highest BCUT2D eigenvalue weighted by Gasteiger charge is 2.01. The van der Waals surface area contributed by atoms with E-state index in [4.69, 9.17) is 0 Å². The Labute approximate surface area is 139 Å². The van der Waals surface area contributed by atoms with E-state index >= 15 is 0 Å². The van der Waals surface area contributed by atoms with E-state index in [1.807, 2.05) is 18.2 Å². The fraction of sp³-hybridized carbons (Fsp3) is 0.350. The minimum Gasteiger partial charge on any atom is -0.385 e. The van der Waals surface area contributed by atoms with Gasteiger partial charge in [0, 0.05) is 25.2 Å². The van der Waals surface area contributed by atoms with Gasteiger partial charge in [0.1, 0.15) is 0 Å². The zero-order chi connectivity index (χ0) is 16.3. The zero-order valence-corrected chi connectivity index (χ0v) is 13.8. The zero-order valence-electron chi connectivity index (χ0n) is 13.8. The van der Waals surface area contributed by atoms with E-state index in [9.17, 15) is 4.79 Å². The van der Waals surface area contributed by atoms with Crippen LogP contribution < -0.4 is 10.6 Å². The van der Waals surface area contributed by atoms with Gasteiger partial charge in [0.25, 0.3) is 0 Å². The van der Waals surface area contributed by atoms with Gasteiger partial charge in [-0.15, -0.1) is 0 Å². The maximum absolute atomic E-state index is 11.8. The molecule has 23 heavy (non-hydrogen) atoms. The number of carbonyl (C=O) groups excluding carboxylic acids is 1. The first-order chi connectivity index (χ1) is 11.3. The van der Waals surface area contributed by atoms with E-state index in [0.717, 1.165) is 31.5 Å². The maximum atomic E-state index is 11.8. The van der Waals surface area contributed by atoms with Crippen LogP contribution in [0.5, 0.6) is 0 Å². The Bertz CT molecular complexity index is 578. The average molecular weight is 310 g/mol. The summed E-state index contributed by atoms with van der Waals surface area (Å²) < 4.78 is 0. The molecule has 0 aliphatic carbocycles. The van der Waals surface area contributed by atoms with Crippen LogP contribution in [0, 0.1) is 0 Å². The molecule has 2 aromatic rings. The second-order valence-corrected chi connectivity index (χ2v) is 5.67. The molecular formula is C20H26N2O. The molecule has 0 unspecified atom stereocenters. The van der Waals surface area contributed by atoms with Crippen molar-refractivity contribution in [1.82, 2.24) is 5.32 Å². The Balaban J connectivity index is 1.56. The van der Waals surface area contributed by atoms with Gasteiger partial charge in [-0.3, -0.25) is 4.79 Å². The Morgan fingerprint density at radius 2 is 1.65 bits per heavy atom. The van der Waals surface area contributed by atoms with Crippen molar-refractivity contribution in [2.24, 2.45) is 0 Å². The van der Waals surface area contributed by atoms with Crippen LogP contribution in [0.15, 0.2) is 54.6 Å². The molecule has 1 amide bonds. The van der Waals surface area contributed by atoms with Gasteiger partial charge in [-0.1, -0.05) is 49.4 Å². The molecule has 0 atom stereocenters. The number of hydrogen-bond donors (Lipinski definition) is 2. The van der Waals surface area contributed by atoms with Gasteiger partial charge >= 0.3 is 0 Å². The third kappa shape index (κ3) is 6.55. The molecule has 0 heterocycles. The molecule has 2 rings (SSSR count). The number of anilines is 1. The number of benzene rings is 2. The number of nitrogens with one attached hydrogen (secondary N) is 2. The van der Waals surface area contributed by atoms with E-state index in [-0.39, 0.29) is 5.91 Å². The summed E-state index contributed by atoms with van der Waals surface area (Å²) in [5.41, 5.74) is 3.71. The third-order valence-electron chi connectivity index (χ3n) is 3.85. The van der Waals surface area contributed by atoms with Crippen molar-refractivity contribution in [1.29, 1.82) is 0 Å². The number of aryl methyl sites for hydroxylation is 2. The van der Waals surface area contributed by atoms with Gasteiger partial charge in [0.05, 0.1) is 0 Å². The second kappa shape index (κ2) is 9.67. The molecule has 0 saturated heterocycles. The highest BCUT2D eigenvalue weighted by atomic mass is 16.1. The second-order valence-electron chi connectivity index (χ2n) is 5.67. The van der Waals surface area contributed by atoms with Crippen LogP contribution in [-0.4, -0.2) is 19.0 Å². The topological polar surface area (TPSA) is 41.1 Å². The Kier molecular flexibility index (Phi) is 7.18. The molecule has 2 aromatic carbocycles. The van der Waals surface area contributed by atoms with Crippen LogP contribution in [0.25, 0.3) is 0 Å². The highest BCUT2D eigenvalue weighted by Crippen LogP contribution is 2.09. The maximum Gasteiger partial charge on any atom is 0.221 e. The van der Waals surface area contributed by atoms with E-state index in [1.165, 1.54) is 11.1 Å². The summed E-state index contributed by atoms with van der Waals surface area (Å²) in [4.78, 5) is 11.8. The molecule has 122 valence electrons. The van der Waals surface area contributed by atoms with Gasteiger partial charge in [-0.25, -0.2) is 0 Å². The standard InChI is InChI=1S/C20H26N2O/c1-2-17-10-12-19(13-11-17)21-16-14-20(23)22-15-6-9-18-7-4-3-5-8-18/h3-5,7-8,10-13,21H,2,6,9,14-16H2,1H3,(H,22,23). The minimum absolute atomic E-state index is 0.107. The largest absolute Gasteiger partial charge is 0.385 e. The monoisotopic (exact) mass is 310 g/mol. The Hall–Kier alpha value is -2.29. The number of carbonyl (C=O) groups is 1. The van der Waals surface area contributed by atoms with Crippen molar-refractivity contribution < 1.29 is 4.79 Å². The van der Waals surface area contributed by atoms with Crippen LogP contribution in [0.2, 0.25) is 0 Å². The van der Waals surface area contributed by atoms with Gasteiger partial charge in [-0.05, 0) is 42.5 Å². The predicted molar refractivity (Wildman–Crippen MR) is 96.7 cm³/mol. The van der Waals surface area contributed by atoms with Crippen LogP contribution in [0.4, 0.5) is 5.69 Å². The first kappa shape index (κ1) is 17.1. The number of rotatable bonds is 9. The van der Waals surface area contributed by atoms with Crippen molar-refractivity contribution in [3.63, 3.8) is 0 Å². The van der Waals surface area contributed by atoms with Crippen molar-refractivity contribution >= 4 is 11.6 Å². The van der Waals surface area contributed by atoms with Crippen LogP contribution in [-0.2, 0) is 17.6 Å². The fourth-order valence-electron chi connectivity index (χ4n) is 2.43. The smallest absolute Gasteiger partial charge is 0.221 e. The summed E-state index contributed by atoms with van der Waals surface area (Å²) in [7, 11) is 0. The summed E-state index contributed by atoms with van der Waals surface area (Å²) in [5.74, 6) is 0.107. The van der Waals surface area contributed by atoms with Crippen molar-refractivity contribution in [3.05, 3.63) is 65.7 Å². The lowest BCUT2D eigenvalue weighted by Crippen LogP contribution is -2.26. The Morgan fingerprint density at radius 3 is 2.35 bits per heavy atom. The molecule has 0 aromatic heterocycles. The van der Waals surface area contributed by atoms with Gasteiger partial charge in [0.15, 0.2) is 0 Å². The molecule has 3 heteroatoms. The minimum atomic E-state index is 0.107. The lowest BCUT2D eigenvalue weighted by molar-refractivity contribution is -0.120. The fourth-order valence-corrected chi connectivity index (χ4v) is 2.43. The molecule has 0 fully saturated rings. The molecular weight excluding hydrogens is 284 g/mol. The predicted octanol–water partition coefficient (Wildman–Crippen LogP) is 3.80. The number of amides is 1. The first-order valence-corrected chi connectivity index (χ1v) is 8.41. The van der Waals surface area contributed by atoms with E-state index in [2.05, 4.69) is 54.0 Å². The van der Waals surface area contributed by atoms with E-state index < -0.39 is 0 Å². The molecule has 0 bridgehead atoms. The van der Waals surface area contributed by atoms with Gasteiger partial charge in [0.2, 0.25) is 5.91 Å². The number of hydrogen-bond acceptors (Lipinski definition) is 2. The van der Waals surface area contributed by atoms with E-state index in [0.29, 0.717) is 13.0 Å². The molecule has 0 aliphatic rings. The van der Waals surface area contributed by atoms with E-state index in [1.54, 1.807) is 0 Å². The van der Waals surface area contributed by atoms with Crippen molar-refractivity contribution in [2.75, 3.05) is 18.4 Å². The lowest BCUT2D eigenvalue weighted by Gasteiger charge is -2.08. The average Bonchev–Trinajstić information content (AvgIpc) is 2.60. The summed E-state index contributed by atoms with van der Waals surface area (Å²) in [6.07, 6.45) is 3.53. The molecule has 0 saturated carbocycles. The normalized spacial score (nSPS) is 10.3. The lowest BCUT2D eigenvalue weighted by atomic mass is 10.1. The molecule has 3 nitrogen and oxygen atoms in total. The SMILES string of the molecule is CCc1ccc(NCCC(=O)NCCCc2ccccc2)cc1. The summed E-state index contributed by atoms with van der Waals surface area (Å²) >= 11 is 0. The quantitative estimate of drug-likeness (QED) is 0.692. The van der Waals surface area contributed by atoms with Crippen molar-refractivity contribution in [2.45, 2.75) is 32.6 Å². The molecule has 0 spiro atoms. The van der Waals surface area contributed by atoms with Gasteiger partial charge in [-0.2, -0.15) is 0 Å². The first-order valence-electron chi connectivity index (χ1n) is 8.41. The molecule has 2 N–H and O–H groups in total. The molecule has 0 aliphatic heterocycles. The van der Waals surface area contributed by atoms with Crippen LogP contribution in [0.1, 0.15) is 30.9 Å². The summed E-state index contributed by atoms with van der Waals surface area (Å²) in [5, 5.41) is 6.26. The molecule has 0 radical (unpaired) electrons. The van der Waals surface area contributed by atoms with Crippen LogP contribution in [0.3, 0.4) is 0 Å². The Morgan fingerprint density at radius 1 is 0.913 bits per heavy atom. The van der Waals surface area contributed by atoms with Crippen LogP contribution >= 0.6 is 0 Å². The summed E-state index contributed by atoms with van der Waals surface area (Å²) in [6.45, 7) is 3.54. The third-order valence-corrected chi connectivity index (χ3v) is 3.85. The summed E-state index contributed by atoms with van der Waals surface area (Å²) in [6, 6.07) is 18.7. The van der Waals surface area contributed by atoms with Gasteiger partial charge < -0.3 is 10.6 Å². The highest BCUT2D eigenvalue weighted by molar-refractivity contribution is 5.76.